The van der Waals surface area contributed by atoms with Crippen LogP contribution in [0.15, 0.2) is 36.4 Å². The second kappa shape index (κ2) is 7.41. The number of nitrogens with zero attached hydrogens (tertiary/aromatic N) is 4. The van der Waals surface area contributed by atoms with Crippen molar-refractivity contribution in [1.29, 1.82) is 0 Å². The molecule has 0 radical (unpaired) electrons. The van der Waals surface area contributed by atoms with Crippen LogP contribution in [-0.2, 0) is 0 Å². The molecule has 1 aromatic carbocycles. The number of piperazine rings is 1. The van der Waals surface area contributed by atoms with Gasteiger partial charge in [-0.15, -0.1) is 0 Å². The molecule has 3 rings (SSSR count). The quantitative estimate of drug-likeness (QED) is 0.918. The van der Waals surface area contributed by atoms with Gasteiger partial charge in [-0.05, 0) is 27.8 Å². The van der Waals surface area contributed by atoms with E-state index in [-0.39, 0.29) is 11.4 Å². The number of aromatic nitrogens is 2. The average Bonchev–Trinajstić information content (AvgIpc) is 2.61. The second-order valence-electron chi connectivity index (χ2n) is 7.80. The maximum atomic E-state index is 12.7. The van der Waals surface area contributed by atoms with Crippen LogP contribution in [0.25, 0.3) is 11.4 Å². The van der Waals surface area contributed by atoms with Crippen molar-refractivity contribution in [2.24, 2.45) is 0 Å². The number of rotatable bonds is 3. The smallest absolute Gasteiger partial charge is 0.270 e. The highest BCUT2D eigenvalue weighted by atomic mass is 16.2. The summed E-state index contributed by atoms with van der Waals surface area (Å²) >= 11 is 0. The van der Waals surface area contributed by atoms with Crippen LogP contribution in [0, 0.1) is 0 Å². The van der Waals surface area contributed by atoms with Crippen molar-refractivity contribution in [1.82, 2.24) is 20.2 Å². The van der Waals surface area contributed by atoms with Crippen molar-refractivity contribution in [3.05, 3.63) is 42.1 Å². The van der Waals surface area contributed by atoms with Crippen molar-refractivity contribution >= 4 is 11.7 Å². The van der Waals surface area contributed by atoms with Crippen molar-refractivity contribution in [2.75, 3.05) is 38.1 Å². The van der Waals surface area contributed by atoms with E-state index in [4.69, 9.17) is 4.98 Å². The van der Waals surface area contributed by atoms with E-state index in [0.717, 1.165) is 37.6 Å². The Labute approximate surface area is 155 Å². The first kappa shape index (κ1) is 18.3. The summed E-state index contributed by atoms with van der Waals surface area (Å²) in [7, 11) is 2.12. The number of likely N-dealkylation sites (N-methyl/N-ethyl adjacent to an activating group) is 1. The first-order chi connectivity index (χ1) is 12.3. The third-order valence-electron chi connectivity index (χ3n) is 4.29. The Bertz CT molecular complexity index is 762. The largest absolute Gasteiger partial charge is 0.354 e. The Kier molecular flexibility index (Phi) is 5.23. The average molecular weight is 353 g/mol. The van der Waals surface area contributed by atoms with Crippen LogP contribution in [0.4, 0.5) is 5.82 Å². The normalized spacial score (nSPS) is 15.8. The fourth-order valence-corrected chi connectivity index (χ4v) is 2.87. The van der Waals surface area contributed by atoms with Crippen LogP contribution in [0.2, 0.25) is 0 Å². The fraction of sp³-hybridized carbons (Fsp3) is 0.450. The van der Waals surface area contributed by atoms with Gasteiger partial charge in [0, 0.05) is 43.3 Å². The Morgan fingerprint density at radius 1 is 1.04 bits per heavy atom. The molecule has 0 atom stereocenters. The molecule has 1 aromatic heterocycles. The van der Waals surface area contributed by atoms with Gasteiger partial charge in [-0.3, -0.25) is 4.79 Å². The molecule has 0 aliphatic carbocycles. The molecule has 2 aromatic rings. The van der Waals surface area contributed by atoms with Crippen LogP contribution in [-0.4, -0.2) is 59.5 Å². The minimum atomic E-state index is -0.317. The number of carbonyl (C=O) groups excluding carboxylic acids is 1. The number of hydrogen-bond acceptors (Lipinski definition) is 5. The van der Waals surface area contributed by atoms with E-state index >= 15 is 0 Å². The third kappa shape index (κ3) is 4.58. The van der Waals surface area contributed by atoms with Crippen molar-refractivity contribution in [2.45, 2.75) is 26.3 Å². The summed E-state index contributed by atoms with van der Waals surface area (Å²) in [6, 6.07) is 11.6. The molecule has 6 nitrogen and oxygen atoms in total. The molecule has 1 aliphatic rings. The lowest BCUT2D eigenvalue weighted by atomic mass is 10.1. The fourth-order valence-electron chi connectivity index (χ4n) is 2.87. The number of amides is 1. The van der Waals surface area contributed by atoms with Gasteiger partial charge in [0.2, 0.25) is 0 Å². The van der Waals surface area contributed by atoms with E-state index in [1.807, 2.05) is 51.1 Å². The molecule has 2 heterocycles. The number of nitrogens with one attached hydrogen (secondary N) is 1. The van der Waals surface area contributed by atoms with Gasteiger partial charge in [-0.2, -0.15) is 0 Å². The molecule has 1 N–H and O–H groups in total. The van der Waals surface area contributed by atoms with Crippen LogP contribution in [0.5, 0.6) is 0 Å². The van der Waals surface area contributed by atoms with Gasteiger partial charge < -0.3 is 15.1 Å². The molecule has 0 bridgehead atoms. The van der Waals surface area contributed by atoms with Crippen LogP contribution < -0.4 is 10.2 Å². The van der Waals surface area contributed by atoms with Gasteiger partial charge in [-0.1, -0.05) is 30.3 Å². The van der Waals surface area contributed by atoms with Gasteiger partial charge in [0.1, 0.15) is 11.5 Å². The summed E-state index contributed by atoms with van der Waals surface area (Å²) in [4.78, 5) is 26.5. The predicted octanol–water partition coefficient (Wildman–Crippen LogP) is 2.42. The number of carbonyl (C=O) groups is 1. The Balaban J connectivity index is 1.98. The SMILES string of the molecule is CN1CCN(c2cc(C(=O)NC(C)(C)C)nc(-c3ccccc3)n2)CC1. The summed E-state index contributed by atoms with van der Waals surface area (Å²) in [5.74, 6) is 1.22. The van der Waals surface area contributed by atoms with E-state index in [9.17, 15) is 4.79 Å². The number of anilines is 1. The van der Waals surface area contributed by atoms with Crippen molar-refractivity contribution < 1.29 is 4.79 Å². The van der Waals surface area contributed by atoms with Gasteiger partial charge in [0.15, 0.2) is 5.82 Å². The molecular weight excluding hydrogens is 326 g/mol. The van der Waals surface area contributed by atoms with Gasteiger partial charge in [0.05, 0.1) is 0 Å². The molecule has 1 saturated heterocycles. The first-order valence-electron chi connectivity index (χ1n) is 9.02. The molecule has 0 unspecified atom stereocenters. The molecule has 138 valence electrons. The van der Waals surface area contributed by atoms with Crippen LogP contribution in [0.1, 0.15) is 31.3 Å². The van der Waals surface area contributed by atoms with E-state index in [1.165, 1.54) is 0 Å². The summed E-state index contributed by atoms with van der Waals surface area (Å²) in [5, 5.41) is 3.00. The van der Waals surface area contributed by atoms with Crippen LogP contribution >= 0.6 is 0 Å². The number of benzene rings is 1. The molecular formula is C20H27N5O. The Morgan fingerprint density at radius 2 is 1.69 bits per heavy atom. The van der Waals surface area contributed by atoms with Gasteiger partial charge >= 0.3 is 0 Å². The molecule has 1 fully saturated rings. The van der Waals surface area contributed by atoms with E-state index in [2.05, 4.69) is 27.1 Å². The monoisotopic (exact) mass is 353 g/mol. The number of hydrogen-bond donors (Lipinski definition) is 1. The van der Waals surface area contributed by atoms with E-state index in [1.54, 1.807) is 6.07 Å². The maximum Gasteiger partial charge on any atom is 0.270 e. The maximum absolute atomic E-state index is 12.7. The minimum Gasteiger partial charge on any atom is -0.354 e. The lowest BCUT2D eigenvalue weighted by Gasteiger charge is -2.33. The zero-order valence-corrected chi connectivity index (χ0v) is 16.0. The summed E-state index contributed by atoms with van der Waals surface area (Å²) < 4.78 is 0. The summed E-state index contributed by atoms with van der Waals surface area (Å²) in [6.45, 7) is 9.63. The highest BCUT2D eigenvalue weighted by Gasteiger charge is 2.22. The molecule has 1 aliphatic heterocycles. The molecule has 1 amide bonds. The standard InChI is InChI=1S/C20H27N5O/c1-20(2,3)23-19(26)16-14-17(25-12-10-24(4)11-13-25)22-18(21-16)15-8-6-5-7-9-15/h5-9,14H,10-13H2,1-4H3,(H,23,26). The Hall–Kier alpha value is -2.47. The minimum absolute atomic E-state index is 0.174. The molecule has 6 heteroatoms. The highest BCUT2D eigenvalue weighted by molar-refractivity contribution is 5.94. The van der Waals surface area contributed by atoms with Crippen molar-refractivity contribution in [3.8, 4) is 11.4 Å². The third-order valence-corrected chi connectivity index (χ3v) is 4.29. The molecule has 26 heavy (non-hydrogen) atoms. The zero-order valence-electron chi connectivity index (χ0n) is 16.0. The molecule has 0 saturated carbocycles. The van der Waals surface area contributed by atoms with E-state index in [0.29, 0.717) is 11.5 Å². The lowest BCUT2D eigenvalue weighted by Crippen LogP contribution is -2.45. The zero-order chi connectivity index (χ0) is 18.7. The summed E-state index contributed by atoms with van der Waals surface area (Å²) in [5.41, 5.74) is 0.999. The first-order valence-corrected chi connectivity index (χ1v) is 9.02. The predicted molar refractivity (Wildman–Crippen MR) is 104 cm³/mol. The topological polar surface area (TPSA) is 61.4 Å². The van der Waals surface area contributed by atoms with Gasteiger partial charge in [0.25, 0.3) is 5.91 Å². The van der Waals surface area contributed by atoms with E-state index < -0.39 is 0 Å². The van der Waals surface area contributed by atoms with Crippen LogP contribution in [0.3, 0.4) is 0 Å². The summed E-state index contributed by atoms with van der Waals surface area (Å²) in [6.07, 6.45) is 0. The van der Waals surface area contributed by atoms with Crippen molar-refractivity contribution in [3.63, 3.8) is 0 Å². The molecule has 0 spiro atoms. The second-order valence-corrected chi connectivity index (χ2v) is 7.80. The lowest BCUT2D eigenvalue weighted by molar-refractivity contribution is 0.0914. The van der Waals surface area contributed by atoms with Gasteiger partial charge in [-0.25, -0.2) is 9.97 Å². The highest BCUT2D eigenvalue weighted by Crippen LogP contribution is 2.21. The Morgan fingerprint density at radius 3 is 2.31 bits per heavy atom.